The van der Waals surface area contributed by atoms with Crippen LogP contribution in [0.2, 0.25) is 0 Å². The Hall–Kier alpha value is -2.18. The van der Waals surface area contributed by atoms with Crippen molar-refractivity contribution in [2.24, 2.45) is 0 Å². The van der Waals surface area contributed by atoms with Crippen molar-refractivity contribution in [1.29, 1.82) is 0 Å². The highest BCUT2D eigenvalue weighted by Crippen LogP contribution is 2.41. The van der Waals surface area contributed by atoms with Gasteiger partial charge >= 0.3 is 6.36 Å². The maximum atomic E-state index is 12.2. The molecule has 0 atom stereocenters. The van der Waals surface area contributed by atoms with Crippen LogP contribution < -0.4 is 10.1 Å². The summed E-state index contributed by atoms with van der Waals surface area (Å²) in [6, 6.07) is 5.82. The molecule has 2 aliphatic rings. The summed E-state index contributed by atoms with van der Waals surface area (Å²) in [4.78, 5) is 0. The molecule has 1 aromatic carbocycles. The lowest BCUT2D eigenvalue weighted by molar-refractivity contribution is -0.274. The summed E-state index contributed by atoms with van der Waals surface area (Å²) in [5.74, 6) is 1.27. The van der Waals surface area contributed by atoms with E-state index in [0.29, 0.717) is 5.92 Å². The van der Waals surface area contributed by atoms with Crippen LogP contribution in [-0.4, -0.2) is 22.7 Å². The number of benzene rings is 1. The summed E-state index contributed by atoms with van der Waals surface area (Å²) < 4.78 is 42.4. The highest BCUT2D eigenvalue weighted by Gasteiger charge is 2.32. The number of fused-ring (bicyclic) bond motifs is 1. The summed E-state index contributed by atoms with van der Waals surface area (Å²) in [5.41, 5.74) is 3.13. The molecule has 0 radical (unpaired) electrons. The first-order valence-corrected chi connectivity index (χ1v) is 7.73. The number of hydrogen-bond acceptors (Lipinski definition) is 3. The zero-order valence-corrected chi connectivity index (χ0v) is 12.4. The summed E-state index contributed by atoms with van der Waals surface area (Å²) >= 11 is 0. The van der Waals surface area contributed by atoms with Crippen LogP contribution in [0.5, 0.6) is 5.75 Å². The first-order valence-electron chi connectivity index (χ1n) is 7.73. The van der Waals surface area contributed by atoms with Crippen molar-refractivity contribution >= 4 is 5.82 Å². The molecule has 1 aliphatic carbocycles. The molecule has 0 spiro atoms. The van der Waals surface area contributed by atoms with Gasteiger partial charge in [0.2, 0.25) is 0 Å². The van der Waals surface area contributed by atoms with Crippen LogP contribution >= 0.6 is 0 Å². The van der Waals surface area contributed by atoms with Crippen molar-refractivity contribution < 1.29 is 17.9 Å². The van der Waals surface area contributed by atoms with Crippen LogP contribution in [0.1, 0.15) is 36.4 Å². The summed E-state index contributed by atoms with van der Waals surface area (Å²) in [6.07, 6.45) is -0.142. The first-order chi connectivity index (χ1) is 11.0. The number of ether oxygens (including phenoxy) is 1. The van der Waals surface area contributed by atoms with E-state index in [2.05, 4.69) is 10.1 Å². The zero-order valence-electron chi connectivity index (χ0n) is 12.4. The Labute approximate surface area is 131 Å². The van der Waals surface area contributed by atoms with Crippen LogP contribution in [0, 0.1) is 0 Å². The Bertz CT molecular complexity index is 717. The van der Waals surface area contributed by atoms with E-state index in [1.54, 1.807) is 16.8 Å². The van der Waals surface area contributed by atoms with Gasteiger partial charge in [-0.15, -0.1) is 13.2 Å². The molecule has 4 nitrogen and oxygen atoms in total. The van der Waals surface area contributed by atoms with Crippen molar-refractivity contribution in [3.8, 4) is 11.4 Å². The molecule has 1 saturated carbocycles. The van der Waals surface area contributed by atoms with Crippen molar-refractivity contribution in [2.75, 3.05) is 11.9 Å². The van der Waals surface area contributed by atoms with E-state index >= 15 is 0 Å². The first kappa shape index (κ1) is 14.4. The molecule has 1 aliphatic heterocycles. The van der Waals surface area contributed by atoms with Crippen LogP contribution in [0.15, 0.2) is 24.3 Å². The lowest BCUT2D eigenvalue weighted by Gasteiger charge is -2.24. The fraction of sp³-hybridized carbons (Fsp3) is 0.438. The topological polar surface area (TPSA) is 39.1 Å². The molecule has 1 aromatic heterocycles. The van der Waals surface area contributed by atoms with Crippen LogP contribution in [0.3, 0.4) is 0 Å². The summed E-state index contributed by atoms with van der Waals surface area (Å²) in [5, 5.41) is 8.05. The Morgan fingerprint density at radius 2 is 1.91 bits per heavy atom. The van der Waals surface area contributed by atoms with E-state index < -0.39 is 6.36 Å². The summed E-state index contributed by atoms with van der Waals surface area (Å²) in [7, 11) is 0. The van der Waals surface area contributed by atoms with Gasteiger partial charge in [0.15, 0.2) is 0 Å². The van der Waals surface area contributed by atoms with E-state index in [1.807, 2.05) is 0 Å². The Morgan fingerprint density at radius 3 is 2.52 bits per heavy atom. The van der Waals surface area contributed by atoms with Crippen LogP contribution in [0.4, 0.5) is 19.0 Å². The number of rotatable bonds is 3. The summed E-state index contributed by atoms with van der Waals surface area (Å²) in [6.45, 7) is 0.877. The van der Waals surface area contributed by atoms with Gasteiger partial charge in [0.05, 0.1) is 11.4 Å². The molecule has 0 unspecified atom stereocenters. The second-order valence-corrected chi connectivity index (χ2v) is 5.97. The SMILES string of the molecule is FC(F)(F)Oc1ccc(-n2nc(C3CCC3)c3c2NCC3)cc1. The van der Waals surface area contributed by atoms with Gasteiger partial charge in [-0.3, -0.25) is 0 Å². The average Bonchev–Trinajstić information content (AvgIpc) is 3.00. The third kappa shape index (κ3) is 2.64. The fourth-order valence-corrected chi connectivity index (χ4v) is 3.19. The minimum Gasteiger partial charge on any atom is -0.406 e. The third-order valence-electron chi connectivity index (χ3n) is 4.49. The van der Waals surface area contributed by atoms with Crippen molar-refractivity contribution in [3.05, 3.63) is 35.5 Å². The number of halogens is 3. The minimum absolute atomic E-state index is 0.225. The van der Waals surface area contributed by atoms with Gasteiger partial charge in [-0.25, -0.2) is 4.68 Å². The lowest BCUT2D eigenvalue weighted by atomic mass is 9.81. The Balaban J connectivity index is 1.65. The van der Waals surface area contributed by atoms with Gasteiger partial charge in [0.1, 0.15) is 11.6 Å². The normalized spacial score (nSPS) is 17.5. The lowest BCUT2D eigenvalue weighted by Crippen LogP contribution is -2.17. The van der Waals surface area contributed by atoms with Crippen LogP contribution in [-0.2, 0) is 6.42 Å². The van der Waals surface area contributed by atoms with Crippen molar-refractivity contribution in [1.82, 2.24) is 9.78 Å². The molecule has 23 heavy (non-hydrogen) atoms. The molecule has 122 valence electrons. The number of nitrogens with zero attached hydrogens (tertiary/aromatic N) is 2. The van der Waals surface area contributed by atoms with Gasteiger partial charge in [-0.05, 0) is 43.5 Å². The smallest absolute Gasteiger partial charge is 0.406 e. The van der Waals surface area contributed by atoms with Gasteiger partial charge < -0.3 is 10.1 Å². The molecule has 4 rings (SSSR count). The predicted molar refractivity (Wildman–Crippen MR) is 79.0 cm³/mol. The molecule has 2 heterocycles. The second kappa shape index (κ2) is 5.18. The minimum atomic E-state index is -4.67. The van der Waals surface area contributed by atoms with E-state index in [1.165, 1.54) is 37.0 Å². The molecule has 1 N–H and O–H groups in total. The number of aromatic nitrogens is 2. The second-order valence-electron chi connectivity index (χ2n) is 5.97. The Kier molecular flexibility index (Phi) is 3.25. The third-order valence-corrected chi connectivity index (χ3v) is 4.49. The van der Waals surface area contributed by atoms with Gasteiger partial charge in [0.25, 0.3) is 0 Å². The number of nitrogens with one attached hydrogen (secondary N) is 1. The maximum Gasteiger partial charge on any atom is 0.573 e. The van der Waals surface area contributed by atoms with E-state index in [-0.39, 0.29) is 5.75 Å². The highest BCUT2D eigenvalue weighted by molar-refractivity contribution is 5.58. The molecular weight excluding hydrogens is 307 g/mol. The molecule has 0 saturated heterocycles. The van der Waals surface area contributed by atoms with Crippen LogP contribution in [0.25, 0.3) is 5.69 Å². The molecule has 2 aromatic rings. The molecule has 0 bridgehead atoms. The van der Waals surface area contributed by atoms with Gasteiger partial charge in [-0.2, -0.15) is 5.10 Å². The van der Waals surface area contributed by atoms with Gasteiger partial charge in [-0.1, -0.05) is 6.42 Å². The fourth-order valence-electron chi connectivity index (χ4n) is 3.19. The average molecular weight is 323 g/mol. The molecule has 0 amide bonds. The highest BCUT2D eigenvalue weighted by atomic mass is 19.4. The standard InChI is InChI=1S/C16H16F3N3O/c17-16(18,19)23-12-6-4-11(5-7-12)22-15-13(8-9-20-15)14(21-22)10-2-1-3-10/h4-7,10,20H,1-3,8-9H2. The van der Waals surface area contributed by atoms with Crippen molar-refractivity contribution in [2.45, 2.75) is 38.0 Å². The number of anilines is 1. The van der Waals surface area contributed by atoms with E-state index in [9.17, 15) is 13.2 Å². The molecular formula is C16H16F3N3O. The van der Waals surface area contributed by atoms with Gasteiger partial charge in [0, 0.05) is 18.0 Å². The Morgan fingerprint density at radius 1 is 1.17 bits per heavy atom. The zero-order chi connectivity index (χ0) is 16.0. The van der Waals surface area contributed by atoms with E-state index in [0.717, 1.165) is 30.2 Å². The van der Waals surface area contributed by atoms with E-state index in [4.69, 9.17) is 5.10 Å². The van der Waals surface area contributed by atoms with Crippen molar-refractivity contribution in [3.63, 3.8) is 0 Å². The molecule has 1 fully saturated rings. The predicted octanol–water partition coefficient (Wildman–Crippen LogP) is 4.01. The molecule has 7 heteroatoms. The largest absolute Gasteiger partial charge is 0.573 e. The number of alkyl halides is 3. The maximum absolute atomic E-state index is 12.2. The monoisotopic (exact) mass is 323 g/mol. The quantitative estimate of drug-likeness (QED) is 0.928. The number of hydrogen-bond donors (Lipinski definition) is 1.